The van der Waals surface area contributed by atoms with Crippen molar-refractivity contribution in [3.8, 4) is 18.2 Å². The Morgan fingerprint density at radius 1 is 1.29 bits per heavy atom. The Labute approximate surface area is 204 Å². The molecule has 3 heterocycles. The summed E-state index contributed by atoms with van der Waals surface area (Å²) < 4.78 is 48.2. The van der Waals surface area contributed by atoms with Crippen LogP contribution >= 0.6 is 11.8 Å². The van der Waals surface area contributed by atoms with E-state index in [1.54, 1.807) is 26.8 Å². The van der Waals surface area contributed by atoms with Gasteiger partial charge in [-0.1, -0.05) is 24.6 Å². The molecule has 0 saturated carbocycles. The van der Waals surface area contributed by atoms with Gasteiger partial charge >= 0.3 is 0 Å². The molecule has 0 fully saturated rings. The van der Waals surface area contributed by atoms with E-state index >= 15 is 4.39 Å². The van der Waals surface area contributed by atoms with Crippen LogP contribution in [0.2, 0.25) is 0 Å². The fourth-order valence-electron chi connectivity index (χ4n) is 4.08. The van der Waals surface area contributed by atoms with Crippen LogP contribution in [0.1, 0.15) is 26.3 Å². The highest BCUT2D eigenvalue weighted by Crippen LogP contribution is 2.51. The van der Waals surface area contributed by atoms with Crippen LogP contribution < -0.4 is 15.8 Å². The third kappa shape index (κ3) is 4.46. The van der Waals surface area contributed by atoms with Crippen molar-refractivity contribution < 1.29 is 17.9 Å². The zero-order chi connectivity index (χ0) is 25.4. The number of alkyl halides is 1. The van der Waals surface area contributed by atoms with Crippen LogP contribution in [-0.2, 0) is 5.54 Å². The lowest BCUT2D eigenvalue weighted by atomic mass is 9.74. The molecule has 0 saturated heterocycles. The van der Waals surface area contributed by atoms with Crippen molar-refractivity contribution in [3.05, 3.63) is 47.8 Å². The van der Waals surface area contributed by atoms with Gasteiger partial charge in [-0.3, -0.25) is 4.99 Å². The lowest BCUT2D eigenvalue weighted by Crippen LogP contribution is -2.49. The van der Waals surface area contributed by atoms with E-state index < -0.39 is 34.5 Å². The average molecular weight is 501 g/mol. The number of fused-ring (bicyclic) bond motifs is 1. The minimum atomic E-state index is -1.31. The van der Waals surface area contributed by atoms with Gasteiger partial charge in [0.25, 0.3) is 0 Å². The van der Waals surface area contributed by atoms with Gasteiger partial charge < -0.3 is 15.8 Å². The quantitative estimate of drug-likeness (QED) is 0.474. The maximum Gasteiger partial charge on any atom is 0.233 e. The summed E-state index contributed by atoms with van der Waals surface area (Å²) >= 11 is 1.09. The molecule has 0 radical (unpaired) electrons. The van der Waals surface area contributed by atoms with Crippen LogP contribution in [0.25, 0.3) is 11.0 Å². The molecule has 35 heavy (non-hydrogen) atoms. The van der Waals surface area contributed by atoms with Crippen molar-refractivity contribution in [2.45, 2.75) is 31.1 Å². The second kappa shape index (κ2) is 9.26. The summed E-state index contributed by atoms with van der Waals surface area (Å²) in [5, 5.41) is 3.09. The van der Waals surface area contributed by atoms with Gasteiger partial charge in [-0.05, 0) is 26.0 Å². The summed E-state index contributed by atoms with van der Waals surface area (Å²) in [5.41, 5.74) is 5.67. The van der Waals surface area contributed by atoms with Gasteiger partial charge in [0.15, 0.2) is 29.2 Å². The molecule has 1 aliphatic heterocycles. The third-order valence-electron chi connectivity index (χ3n) is 6.28. The van der Waals surface area contributed by atoms with Gasteiger partial charge in [-0.25, -0.2) is 28.1 Å². The number of benzene rings is 1. The highest BCUT2D eigenvalue weighted by atomic mass is 32.2. The molecule has 0 amide bonds. The second-order valence-corrected chi connectivity index (χ2v) is 10.1. The number of hydrogen-bond donors (Lipinski definition) is 2. The fraction of sp³-hybridized carbons (Fsp3) is 0.333. The van der Waals surface area contributed by atoms with Crippen molar-refractivity contribution in [2.75, 3.05) is 18.6 Å². The molecule has 182 valence electrons. The van der Waals surface area contributed by atoms with Crippen molar-refractivity contribution in [1.29, 1.82) is 0 Å². The minimum absolute atomic E-state index is 0.0398. The van der Waals surface area contributed by atoms with Crippen LogP contribution in [-0.4, -0.2) is 38.1 Å². The summed E-state index contributed by atoms with van der Waals surface area (Å²) in [7, 11) is 0. The lowest BCUT2D eigenvalue weighted by molar-refractivity contribution is 0.220. The SMILES string of the molecule is C#CCOc1cnc2c(Nc3cc(F)c(F)c([C@@]4(C)N=C(N)S[C@](C)(CF)[C@H]4C)c3)nccc2n1. The number of pyridine rings is 1. The first-order valence-electron chi connectivity index (χ1n) is 10.7. The van der Waals surface area contributed by atoms with Gasteiger partial charge in [0.1, 0.15) is 12.2 Å². The predicted molar refractivity (Wildman–Crippen MR) is 131 cm³/mol. The van der Waals surface area contributed by atoms with Gasteiger partial charge in [-0.15, -0.1) is 6.42 Å². The van der Waals surface area contributed by atoms with E-state index in [0.717, 1.165) is 17.8 Å². The number of aliphatic imine (C=N–C) groups is 1. The Kier molecular flexibility index (Phi) is 6.51. The maximum atomic E-state index is 15.1. The molecule has 0 unspecified atom stereocenters. The van der Waals surface area contributed by atoms with Crippen LogP contribution in [0, 0.1) is 29.9 Å². The van der Waals surface area contributed by atoms with E-state index in [2.05, 4.69) is 31.2 Å². The molecule has 3 aromatic rings. The summed E-state index contributed by atoms with van der Waals surface area (Å²) in [6.07, 6.45) is 8.08. The Morgan fingerprint density at radius 3 is 2.77 bits per heavy atom. The number of ether oxygens (including phenoxy) is 1. The number of aromatic nitrogens is 3. The molecule has 7 nitrogen and oxygen atoms in total. The molecule has 0 aliphatic carbocycles. The first-order chi connectivity index (χ1) is 16.6. The molecule has 1 aromatic carbocycles. The standard InChI is InChI=1S/C24H23F3N6OS/c1-5-8-34-18-11-30-20-17(32-18)6-7-29-21(20)31-14-9-15(19(27)16(26)10-14)24(4)13(2)23(3,12-25)35-22(28)33-24/h1,6-7,9-11,13H,8,12H2,2-4H3,(H2,28,33)(H,29,31)/t13-,23-,24+/m1/s1. The summed E-state index contributed by atoms with van der Waals surface area (Å²) in [6.45, 7) is 4.40. The summed E-state index contributed by atoms with van der Waals surface area (Å²) in [5.74, 6) is 0.181. The van der Waals surface area contributed by atoms with E-state index in [1.807, 2.05) is 0 Å². The first-order valence-corrected chi connectivity index (χ1v) is 11.5. The largest absolute Gasteiger partial charge is 0.463 e. The molecule has 11 heteroatoms. The number of hydrogen-bond acceptors (Lipinski definition) is 8. The minimum Gasteiger partial charge on any atom is -0.463 e. The van der Waals surface area contributed by atoms with E-state index in [-0.39, 0.29) is 34.7 Å². The highest BCUT2D eigenvalue weighted by Gasteiger charge is 2.50. The Morgan fingerprint density at radius 2 is 2.06 bits per heavy atom. The zero-order valence-electron chi connectivity index (χ0n) is 19.3. The number of anilines is 2. The number of thioether (sulfide) groups is 1. The van der Waals surface area contributed by atoms with Gasteiger partial charge in [0.05, 0.1) is 22.0 Å². The van der Waals surface area contributed by atoms with E-state index in [0.29, 0.717) is 11.0 Å². The number of nitrogens with two attached hydrogens (primary N) is 1. The molecular formula is C24H23F3N6OS. The number of amidine groups is 1. The number of rotatable bonds is 6. The molecule has 2 aromatic heterocycles. The van der Waals surface area contributed by atoms with Crippen LogP contribution in [0.3, 0.4) is 0 Å². The summed E-state index contributed by atoms with van der Waals surface area (Å²) in [4.78, 5) is 17.3. The Balaban J connectivity index is 1.76. The summed E-state index contributed by atoms with van der Waals surface area (Å²) in [6, 6.07) is 4.06. The van der Waals surface area contributed by atoms with Crippen LogP contribution in [0.4, 0.5) is 24.7 Å². The molecule has 4 rings (SSSR count). The highest BCUT2D eigenvalue weighted by molar-refractivity contribution is 8.15. The number of nitrogens with one attached hydrogen (secondary N) is 1. The number of terminal acetylenes is 1. The molecule has 3 N–H and O–H groups in total. The topological polar surface area (TPSA) is 98.3 Å². The number of nitrogens with zero attached hydrogens (tertiary/aromatic N) is 4. The molecule has 3 atom stereocenters. The van der Waals surface area contributed by atoms with E-state index in [1.165, 1.54) is 18.5 Å². The van der Waals surface area contributed by atoms with Gasteiger partial charge in [0, 0.05) is 29.4 Å². The predicted octanol–water partition coefficient (Wildman–Crippen LogP) is 4.70. The average Bonchev–Trinajstić information content (AvgIpc) is 2.83. The van der Waals surface area contributed by atoms with E-state index in [9.17, 15) is 8.78 Å². The first kappa shape index (κ1) is 24.6. The van der Waals surface area contributed by atoms with Crippen molar-refractivity contribution >= 4 is 39.5 Å². The van der Waals surface area contributed by atoms with Crippen LogP contribution in [0.15, 0.2) is 35.6 Å². The monoisotopic (exact) mass is 500 g/mol. The number of halogens is 3. The molecule has 0 spiro atoms. The fourth-order valence-corrected chi connectivity index (χ4v) is 5.25. The molecule has 0 bridgehead atoms. The Bertz CT molecular complexity index is 1360. The molecule has 1 aliphatic rings. The third-order valence-corrected chi connectivity index (χ3v) is 7.51. The lowest BCUT2D eigenvalue weighted by Gasteiger charge is -2.46. The van der Waals surface area contributed by atoms with Crippen molar-refractivity contribution in [3.63, 3.8) is 0 Å². The van der Waals surface area contributed by atoms with Gasteiger partial charge in [-0.2, -0.15) is 0 Å². The van der Waals surface area contributed by atoms with Crippen LogP contribution in [0.5, 0.6) is 5.88 Å². The Hall–Kier alpha value is -3.52. The van der Waals surface area contributed by atoms with Crippen molar-refractivity contribution in [2.24, 2.45) is 16.6 Å². The maximum absolute atomic E-state index is 15.1. The molecular weight excluding hydrogens is 477 g/mol. The second-order valence-electron chi connectivity index (χ2n) is 8.54. The zero-order valence-corrected chi connectivity index (χ0v) is 20.1. The van der Waals surface area contributed by atoms with Gasteiger partial charge in [0.2, 0.25) is 5.88 Å². The van der Waals surface area contributed by atoms with E-state index in [4.69, 9.17) is 16.9 Å². The normalized spacial score (nSPS) is 24.0. The van der Waals surface area contributed by atoms with Crippen molar-refractivity contribution in [1.82, 2.24) is 15.0 Å². The smallest absolute Gasteiger partial charge is 0.233 e.